The molecule has 6 heteroatoms. The Balaban J connectivity index is 2.54. The van der Waals surface area contributed by atoms with Crippen molar-refractivity contribution in [2.75, 3.05) is 0 Å². The van der Waals surface area contributed by atoms with Gasteiger partial charge in [-0.15, -0.1) is 10.2 Å². The molecule has 0 amide bonds. The fourth-order valence-electron chi connectivity index (χ4n) is 1.24. The first-order valence-electron chi connectivity index (χ1n) is 4.17. The highest BCUT2D eigenvalue weighted by Gasteiger charge is 2.08. The van der Waals surface area contributed by atoms with Crippen LogP contribution in [0.1, 0.15) is 5.82 Å². The Bertz CT molecular complexity index is 484. The maximum absolute atomic E-state index is 9.07. The zero-order valence-corrected chi connectivity index (χ0v) is 10.7. The van der Waals surface area contributed by atoms with Gasteiger partial charge < -0.3 is 5.11 Å². The molecular formula is C9H7Br2N3O. The average molecular weight is 333 g/mol. The van der Waals surface area contributed by atoms with E-state index in [1.54, 1.807) is 10.9 Å². The van der Waals surface area contributed by atoms with Gasteiger partial charge in [-0.3, -0.25) is 4.57 Å². The molecule has 2 aromatic rings. The van der Waals surface area contributed by atoms with Crippen LogP contribution in [-0.4, -0.2) is 19.9 Å². The van der Waals surface area contributed by atoms with Crippen molar-refractivity contribution in [2.45, 2.75) is 6.61 Å². The van der Waals surface area contributed by atoms with E-state index < -0.39 is 0 Å². The summed E-state index contributed by atoms with van der Waals surface area (Å²) in [6.45, 7) is -0.136. The lowest BCUT2D eigenvalue weighted by atomic mass is 10.3. The molecule has 1 aromatic heterocycles. The van der Waals surface area contributed by atoms with E-state index in [1.807, 2.05) is 18.2 Å². The van der Waals surface area contributed by atoms with E-state index in [0.29, 0.717) is 5.82 Å². The number of hydrogen-bond acceptors (Lipinski definition) is 3. The molecule has 0 saturated heterocycles. The van der Waals surface area contributed by atoms with Gasteiger partial charge in [-0.1, -0.05) is 15.9 Å². The summed E-state index contributed by atoms with van der Waals surface area (Å²) >= 11 is 6.82. The summed E-state index contributed by atoms with van der Waals surface area (Å²) in [6, 6.07) is 5.76. The number of benzene rings is 1. The minimum Gasteiger partial charge on any atom is -0.388 e. The molecule has 78 valence electrons. The van der Waals surface area contributed by atoms with Gasteiger partial charge in [0.25, 0.3) is 0 Å². The molecule has 4 nitrogen and oxygen atoms in total. The van der Waals surface area contributed by atoms with Crippen molar-refractivity contribution < 1.29 is 5.11 Å². The Hall–Kier alpha value is -0.720. The maximum atomic E-state index is 9.07. The van der Waals surface area contributed by atoms with E-state index >= 15 is 0 Å². The van der Waals surface area contributed by atoms with Crippen molar-refractivity contribution in [3.05, 3.63) is 39.3 Å². The van der Waals surface area contributed by atoms with E-state index in [9.17, 15) is 0 Å². The predicted octanol–water partition coefficient (Wildman–Crippen LogP) is 2.28. The summed E-state index contributed by atoms with van der Waals surface area (Å²) < 4.78 is 3.62. The Morgan fingerprint density at radius 3 is 2.80 bits per heavy atom. The van der Waals surface area contributed by atoms with Crippen LogP contribution in [0.3, 0.4) is 0 Å². The lowest BCUT2D eigenvalue weighted by molar-refractivity contribution is 0.269. The number of hydrogen-bond donors (Lipinski definition) is 1. The average Bonchev–Trinajstić information content (AvgIpc) is 2.65. The zero-order valence-electron chi connectivity index (χ0n) is 7.56. The van der Waals surface area contributed by atoms with Crippen molar-refractivity contribution in [3.63, 3.8) is 0 Å². The van der Waals surface area contributed by atoms with Crippen LogP contribution in [0, 0.1) is 0 Å². The molecular weight excluding hydrogens is 326 g/mol. The predicted molar refractivity (Wildman–Crippen MR) is 62.7 cm³/mol. The SMILES string of the molecule is OCc1nncn1-c1ccc(Br)cc1Br. The molecule has 1 heterocycles. The van der Waals surface area contributed by atoms with Crippen LogP contribution in [0.5, 0.6) is 0 Å². The Morgan fingerprint density at radius 2 is 2.13 bits per heavy atom. The fraction of sp³-hybridized carbons (Fsp3) is 0.111. The summed E-state index contributed by atoms with van der Waals surface area (Å²) in [4.78, 5) is 0. The summed E-state index contributed by atoms with van der Waals surface area (Å²) in [6.07, 6.45) is 1.57. The van der Waals surface area contributed by atoms with E-state index in [4.69, 9.17) is 5.11 Å². The molecule has 1 N–H and O–H groups in total. The molecule has 0 aliphatic rings. The fourth-order valence-corrected chi connectivity index (χ4v) is 2.48. The topological polar surface area (TPSA) is 50.9 Å². The number of halogens is 2. The minimum absolute atomic E-state index is 0.136. The first-order valence-corrected chi connectivity index (χ1v) is 5.76. The first-order chi connectivity index (χ1) is 7.22. The van der Waals surface area contributed by atoms with Crippen molar-refractivity contribution in [1.82, 2.24) is 14.8 Å². The third-order valence-corrected chi connectivity index (χ3v) is 3.06. The van der Waals surface area contributed by atoms with E-state index in [-0.39, 0.29) is 6.61 Å². The third-order valence-electron chi connectivity index (χ3n) is 1.93. The summed E-state index contributed by atoms with van der Waals surface area (Å²) in [5.41, 5.74) is 0.896. The molecule has 0 radical (unpaired) electrons. The lowest BCUT2D eigenvalue weighted by Gasteiger charge is -2.07. The van der Waals surface area contributed by atoms with E-state index in [2.05, 4.69) is 42.1 Å². The molecule has 0 unspecified atom stereocenters. The number of nitrogens with zero attached hydrogens (tertiary/aromatic N) is 3. The summed E-state index contributed by atoms with van der Waals surface area (Å²) in [7, 11) is 0. The van der Waals surface area contributed by atoms with Gasteiger partial charge in [0.2, 0.25) is 0 Å². The third kappa shape index (κ3) is 2.11. The van der Waals surface area contributed by atoms with Crippen molar-refractivity contribution in [2.24, 2.45) is 0 Å². The highest BCUT2D eigenvalue weighted by molar-refractivity contribution is 9.11. The van der Waals surface area contributed by atoms with E-state index in [1.165, 1.54) is 0 Å². The molecule has 0 aliphatic heterocycles. The second-order valence-electron chi connectivity index (χ2n) is 2.87. The van der Waals surface area contributed by atoms with Gasteiger partial charge in [0.1, 0.15) is 12.9 Å². The van der Waals surface area contributed by atoms with Crippen LogP contribution in [-0.2, 0) is 6.61 Å². The summed E-state index contributed by atoms with van der Waals surface area (Å²) in [5, 5.41) is 16.6. The van der Waals surface area contributed by atoms with Crippen molar-refractivity contribution in [1.29, 1.82) is 0 Å². The van der Waals surface area contributed by atoms with Gasteiger partial charge in [0, 0.05) is 8.95 Å². The number of aliphatic hydroxyl groups is 1. The molecule has 1 aromatic carbocycles. The highest BCUT2D eigenvalue weighted by atomic mass is 79.9. The normalized spacial score (nSPS) is 10.6. The first kappa shape index (κ1) is 10.8. The number of aliphatic hydroxyl groups excluding tert-OH is 1. The van der Waals surface area contributed by atoms with Gasteiger partial charge in [-0.2, -0.15) is 0 Å². The minimum atomic E-state index is -0.136. The van der Waals surface area contributed by atoms with Crippen LogP contribution in [0.4, 0.5) is 0 Å². The molecule has 15 heavy (non-hydrogen) atoms. The van der Waals surface area contributed by atoms with Gasteiger partial charge in [-0.05, 0) is 34.1 Å². The largest absolute Gasteiger partial charge is 0.388 e. The van der Waals surface area contributed by atoms with Crippen LogP contribution in [0.25, 0.3) is 5.69 Å². The molecule has 0 saturated carbocycles. The van der Waals surface area contributed by atoms with Gasteiger partial charge in [-0.25, -0.2) is 0 Å². The Kier molecular flexibility index (Phi) is 3.18. The molecule has 0 bridgehead atoms. The van der Waals surface area contributed by atoms with E-state index in [0.717, 1.165) is 14.6 Å². The Morgan fingerprint density at radius 1 is 1.33 bits per heavy atom. The molecule has 0 atom stereocenters. The van der Waals surface area contributed by atoms with Crippen LogP contribution in [0.2, 0.25) is 0 Å². The Labute approximate surface area is 103 Å². The molecule has 0 spiro atoms. The quantitative estimate of drug-likeness (QED) is 0.918. The zero-order chi connectivity index (χ0) is 10.8. The summed E-state index contributed by atoms with van der Waals surface area (Å²) in [5.74, 6) is 0.512. The maximum Gasteiger partial charge on any atom is 0.163 e. The van der Waals surface area contributed by atoms with Crippen LogP contribution in [0.15, 0.2) is 33.5 Å². The van der Waals surface area contributed by atoms with Gasteiger partial charge in [0.05, 0.1) is 5.69 Å². The highest BCUT2D eigenvalue weighted by Crippen LogP contribution is 2.25. The number of rotatable bonds is 2. The second-order valence-corrected chi connectivity index (χ2v) is 4.64. The second kappa shape index (κ2) is 4.42. The molecule has 2 rings (SSSR count). The van der Waals surface area contributed by atoms with Crippen molar-refractivity contribution in [3.8, 4) is 5.69 Å². The standard InChI is InChI=1S/C9H7Br2N3O/c10-6-1-2-8(7(11)3-6)14-5-12-13-9(14)4-15/h1-3,5,15H,4H2. The van der Waals surface area contributed by atoms with Crippen molar-refractivity contribution >= 4 is 31.9 Å². The monoisotopic (exact) mass is 331 g/mol. The number of aromatic nitrogens is 3. The van der Waals surface area contributed by atoms with Gasteiger partial charge in [0.15, 0.2) is 5.82 Å². The van der Waals surface area contributed by atoms with Gasteiger partial charge >= 0.3 is 0 Å². The lowest BCUT2D eigenvalue weighted by Crippen LogP contribution is -2.00. The molecule has 0 fully saturated rings. The smallest absolute Gasteiger partial charge is 0.163 e. The molecule has 0 aliphatic carbocycles. The van der Waals surface area contributed by atoms with Crippen LogP contribution >= 0.6 is 31.9 Å². The van der Waals surface area contributed by atoms with Crippen LogP contribution < -0.4 is 0 Å².